The molecule has 0 bridgehead atoms. The van der Waals surface area contributed by atoms with Crippen LogP contribution in [0.25, 0.3) is 0 Å². The van der Waals surface area contributed by atoms with Gasteiger partial charge in [0, 0.05) is 18.3 Å². The molecule has 0 aromatic heterocycles. The van der Waals surface area contributed by atoms with Crippen LogP contribution in [0.3, 0.4) is 0 Å². The highest BCUT2D eigenvalue weighted by Gasteiger charge is 2.47. The largest absolute Gasteiger partial charge is 0.540 e. The van der Waals surface area contributed by atoms with Crippen molar-refractivity contribution in [3.05, 3.63) is 60.2 Å². The number of aliphatic hydroxyl groups is 1. The van der Waals surface area contributed by atoms with Gasteiger partial charge in [0.2, 0.25) is 11.8 Å². The zero-order valence-corrected chi connectivity index (χ0v) is 36.6. The fourth-order valence-corrected chi connectivity index (χ4v) is 12.8. The molecule has 5 amide bonds. The Morgan fingerprint density at radius 3 is 2.05 bits per heavy atom. The summed E-state index contributed by atoms with van der Waals surface area (Å²) >= 11 is 0. The second-order valence-electron chi connectivity index (χ2n) is 15.8. The van der Waals surface area contributed by atoms with E-state index in [-0.39, 0.29) is 65.6 Å². The fourth-order valence-electron chi connectivity index (χ4n) is 7.51. The molecule has 0 aliphatic carbocycles. The highest BCUT2D eigenvalue weighted by Crippen LogP contribution is 2.46. The van der Waals surface area contributed by atoms with Gasteiger partial charge in [-0.1, -0.05) is 80.2 Å². The number of anilines is 2. The van der Waals surface area contributed by atoms with E-state index in [1.165, 1.54) is 20.1 Å². The molecule has 0 unspecified atom stereocenters. The molecule has 58 heavy (non-hydrogen) atoms. The first kappa shape index (κ1) is 47.3. The zero-order chi connectivity index (χ0) is 43.3. The monoisotopic (exact) mass is 825 g/mol. The molecular formula is C42H63N5O10Si. The zero-order valence-electron chi connectivity index (χ0n) is 35.6. The van der Waals surface area contributed by atoms with Crippen LogP contribution in [0.5, 0.6) is 11.5 Å². The van der Waals surface area contributed by atoms with Gasteiger partial charge in [0.25, 0.3) is 14.2 Å². The molecule has 1 aliphatic rings. The number of nitrogens with one attached hydrogen (secondary N) is 4. The van der Waals surface area contributed by atoms with E-state index in [2.05, 4.69) is 69.4 Å². The lowest BCUT2D eigenvalue weighted by Gasteiger charge is -2.42. The number of alkyl carbamates (subject to hydrolysis) is 1. The van der Waals surface area contributed by atoms with E-state index < -0.39 is 44.4 Å². The van der Waals surface area contributed by atoms with E-state index in [0.29, 0.717) is 35.7 Å². The number of carbonyl (C=O) groups excluding carboxylic acids is 5. The summed E-state index contributed by atoms with van der Waals surface area (Å²) in [6, 6.07) is 7.60. The molecule has 5 N–H and O–H groups in total. The van der Waals surface area contributed by atoms with Crippen molar-refractivity contribution in [1.82, 2.24) is 15.5 Å². The highest BCUT2D eigenvalue weighted by molar-refractivity contribution is 6.78. The molecule has 1 fully saturated rings. The van der Waals surface area contributed by atoms with Gasteiger partial charge in [-0.2, -0.15) is 0 Å². The minimum absolute atomic E-state index is 0.0118. The average molecular weight is 826 g/mol. The first-order chi connectivity index (χ1) is 27.4. The summed E-state index contributed by atoms with van der Waals surface area (Å²) in [5.74, 6) is -0.890. The molecule has 2 aromatic carbocycles. The summed E-state index contributed by atoms with van der Waals surface area (Å²) in [4.78, 5) is 66.8. The van der Waals surface area contributed by atoms with Gasteiger partial charge in [-0.3, -0.25) is 19.7 Å². The smallest absolute Gasteiger partial charge is 0.411 e. The van der Waals surface area contributed by atoms with Crippen LogP contribution < -0.4 is 30.4 Å². The Morgan fingerprint density at radius 1 is 0.862 bits per heavy atom. The summed E-state index contributed by atoms with van der Waals surface area (Å²) in [6.07, 6.45) is 1.24. The number of methoxy groups -OCH3 is 1. The van der Waals surface area contributed by atoms with Crippen LogP contribution in [0.15, 0.2) is 49.1 Å². The standard InChI is InChI=1S/C42H63N5O10Si/c1-12-20-55-42(53)46-37(25(2)3)39(50)43-29(10)38(49)44-31-17-15-30(16-18-31)24-56-41(52)45-34-22-36(57-58(26(4)5,27(6)7)28(8)9)35(54-11)21-33(34)40(51)47-19-13-14-32(47)23-48/h12,15-18,21-22,25-29,32,37,48H,1,13-14,19-20,23-24H2,2-11H3,(H,43,50)(H,44,49)(H,45,52)(H,46,53)/t29-,32-,37-/m0/s1. The summed E-state index contributed by atoms with van der Waals surface area (Å²) in [5, 5.41) is 20.6. The number of ether oxygens (including phenoxy) is 3. The first-order valence-corrected chi connectivity index (χ1v) is 22.0. The maximum atomic E-state index is 14.0. The number of hydrogen-bond donors (Lipinski definition) is 5. The summed E-state index contributed by atoms with van der Waals surface area (Å²) < 4.78 is 23.2. The Morgan fingerprint density at radius 2 is 1.50 bits per heavy atom. The van der Waals surface area contributed by atoms with Crippen LogP contribution in [0.4, 0.5) is 21.0 Å². The van der Waals surface area contributed by atoms with Gasteiger partial charge in [0.15, 0.2) is 5.75 Å². The normalized spacial score (nSPS) is 15.2. The Balaban J connectivity index is 1.75. The van der Waals surface area contributed by atoms with E-state index in [4.69, 9.17) is 18.6 Å². The van der Waals surface area contributed by atoms with Gasteiger partial charge in [-0.25, -0.2) is 9.59 Å². The third-order valence-corrected chi connectivity index (χ3v) is 16.5. The van der Waals surface area contributed by atoms with E-state index in [1.807, 2.05) is 0 Å². The van der Waals surface area contributed by atoms with E-state index in [0.717, 1.165) is 6.42 Å². The number of amides is 5. The van der Waals surface area contributed by atoms with E-state index in [9.17, 15) is 29.1 Å². The molecule has 1 saturated heterocycles. The van der Waals surface area contributed by atoms with Gasteiger partial charge in [-0.05, 0) is 66.1 Å². The highest BCUT2D eigenvalue weighted by atomic mass is 28.4. The molecular weight excluding hydrogens is 763 g/mol. The Hall–Kier alpha value is -5.09. The van der Waals surface area contributed by atoms with Crippen molar-refractivity contribution in [1.29, 1.82) is 0 Å². The van der Waals surface area contributed by atoms with Crippen molar-refractivity contribution in [2.24, 2.45) is 5.92 Å². The lowest BCUT2D eigenvalue weighted by Crippen LogP contribution is -2.53. The summed E-state index contributed by atoms with van der Waals surface area (Å²) in [6.45, 7) is 21.6. The van der Waals surface area contributed by atoms with Crippen LogP contribution in [-0.2, 0) is 25.7 Å². The van der Waals surface area contributed by atoms with E-state index in [1.54, 1.807) is 55.1 Å². The molecule has 16 heteroatoms. The lowest BCUT2D eigenvalue weighted by atomic mass is 10.0. The van der Waals surface area contributed by atoms with Gasteiger partial charge < -0.3 is 44.6 Å². The Labute approximate surface area is 343 Å². The van der Waals surface area contributed by atoms with Gasteiger partial charge in [0.05, 0.1) is 31.0 Å². The van der Waals surface area contributed by atoms with Crippen LogP contribution in [-0.4, -0.2) is 93.2 Å². The topological polar surface area (TPSA) is 194 Å². The molecule has 15 nitrogen and oxygen atoms in total. The average Bonchev–Trinajstić information content (AvgIpc) is 3.66. The number of carbonyl (C=O) groups is 5. The quantitative estimate of drug-likeness (QED) is 0.0729. The number of aliphatic hydroxyl groups excluding tert-OH is 1. The number of hydrogen-bond acceptors (Lipinski definition) is 10. The van der Waals surface area contributed by atoms with Gasteiger partial charge >= 0.3 is 12.2 Å². The second-order valence-corrected chi connectivity index (χ2v) is 21.2. The number of likely N-dealkylation sites (tertiary alicyclic amines) is 1. The van der Waals surface area contributed by atoms with Crippen molar-refractivity contribution >= 4 is 49.6 Å². The van der Waals surface area contributed by atoms with Crippen LogP contribution in [0.1, 0.15) is 91.1 Å². The molecule has 1 aliphatic heterocycles. The van der Waals surface area contributed by atoms with Crippen molar-refractivity contribution in [2.45, 2.75) is 117 Å². The SMILES string of the molecule is C=CCOC(=O)N[C@H](C(=O)N[C@@H](C)C(=O)Nc1ccc(COC(=O)Nc2cc(O[Si](C(C)C)(C(C)C)C(C)C)c(OC)cc2C(=O)N2CCC[C@H]2CO)cc1)C(C)C. The molecule has 320 valence electrons. The molecule has 3 atom stereocenters. The third-order valence-electron chi connectivity index (χ3n) is 10.5. The van der Waals surface area contributed by atoms with E-state index >= 15 is 0 Å². The lowest BCUT2D eigenvalue weighted by molar-refractivity contribution is -0.128. The van der Waals surface area contributed by atoms with Gasteiger partial charge in [0.1, 0.15) is 31.0 Å². The van der Waals surface area contributed by atoms with Crippen molar-refractivity contribution in [2.75, 3.05) is 37.5 Å². The second kappa shape index (κ2) is 21.6. The van der Waals surface area contributed by atoms with Crippen molar-refractivity contribution in [3.63, 3.8) is 0 Å². The summed E-state index contributed by atoms with van der Waals surface area (Å²) in [7, 11) is -0.978. The maximum Gasteiger partial charge on any atom is 0.411 e. The molecule has 0 radical (unpaired) electrons. The van der Waals surface area contributed by atoms with Crippen LogP contribution in [0.2, 0.25) is 16.6 Å². The molecule has 1 heterocycles. The predicted octanol–water partition coefficient (Wildman–Crippen LogP) is 6.98. The molecule has 3 rings (SSSR count). The number of nitrogens with zero attached hydrogens (tertiary/aromatic N) is 1. The third kappa shape index (κ3) is 12.0. The first-order valence-electron chi connectivity index (χ1n) is 19.9. The molecule has 2 aromatic rings. The van der Waals surface area contributed by atoms with Crippen LogP contribution >= 0.6 is 0 Å². The number of rotatable bonds is 19. The van der Waals surface area contributed by atoms with Crippen molar-refractivity contribution < 1.29 is 47.7 Å². The Kier molecular flexibility index (Phi) is 17.6. The van der Waals surface area contributed by atoms with Gasteiger partial charge in [-0.15, -0.1) is 0 Å². The molecule has 0 saturated carbocycles. The fraction of sp³-hybridized carbons (Fsp3) is 0.548. The minimum atomic E-state index is -2.49. The Bertz CT molecular complexity index is 1730. The maximum absolute atomic E-state index is 14.0. The molecule has 0 spiro atoms. The van der Waals surface area contributed by atoms with Crippen LogP contribution in [0, 0.1) is 5.92 Å². The van der Waals surface area contributed by atoms with Crippen molar-refractivity contribution in [3.8, 4) is 11.5 Å². The number of benzene rings is 2. The minimum Gasteiger partial charge on any atom is -0.540 e. The summed E-state index contributed by atoms with van der Waals surface area (Å²) in [5.41, 5.74) is 2.14. The predicted molar refractivity (Wildman–Crippen MR) is 226 cm³/mol.